The van der Waals surface area contributed by atoms with Crippen molar-refractivity contribution in [2.24, 2.45) is 5.73 Å². The van der Waals surface area contributed by atoms with E-state index in [-0.39, 0.29) is 16.7 Å². The van der Waals surface area contributed by atoms with E-state index in [4.69, 9.17) is 10.5 Å². The summed E-state index contributed by atoms with van der Waals surface area (Å²) in [6.07, 6.45) is -2.04. The lowest BCUT2D eigenvalue weighted by Crippen LogP contribution is -2.17. The first-order chi connectivity index (χ1) is 14.0. The fourth-order valence-electron chi connectivity index (χ4n) is 2.47. The molecule has 2 rings (SSSR count). The Balaban J connectivity index is 2.45. The molecule has 0 aliphatic rings. The quantitative estimate of drug-likeness (QED) is 0.590. The van der Waals surface area contributed by atoms with Crippen LogP contribution >= 0.6 is 0 Å². The Kier molecular flexibility index (Phi) is 7.08. The van der Waals surface area contributed by atoms with Crippen molar-refractivity contribution < 1.29 is 39.8 Å². The van der Waals surface area contributed by atoms with Crippen LogP contribution in [0.15, 0.2) is 30.5 Å². The third-order valence-corrected chi connectivity index (χ3v) is 5.18. The number of hydrogen-bond acceptors (Lipinski definition) is 6. The predicted molar refractivity (Wildman–Crippen MR) is 98.2 cm³/mol. The Morgan fingerprint density at radius 3 is 2.37 bits per heavy atom. The number of nitrogens with one attached hydrogen (secondary N) is 1. The Hall–Kier alpha value is -3.09. The molecule has 0 aliphatic carbocycles. The van der Waals surface area contributed by atoms with Gasteiger partial charge in [-0.25, -0.2) is 21.6 Å². The largest absolute Gasteiger partial charge is 0.479 e. The lowest BCUT2D eigenvalue weighted by molar-refractivity contribution is -0.0555. The summed E-state index contributed by atoms with van der Waals surface area (Å²) in [4.78, 5) is 2.86. The Bertz CT molecular complexity index is 1060. The van der Waals surface area contributed by atoms with Gasteiger partial charge in [0.05, 0.1) is 7.11 Å². The number of nitrogens with two attached hydrogens (primary N) is 1. The second kappa shape index (κ2) is 9.15. The molecule has 0 bridgehead atoms. The minimum atomic E-state index is -4.50. The Labute approximate surface area is 168 Å². The van der Waals surface area contributed by atoms with Crippen molar-refractivity contribution in [2.45, 2.75) is 20.0 Å². The number of sulfonamides is 1. The van der Waals surface area contributed by atoms with E-state index in [9.17, 15) is 30.4 Å². The Morgan fingerprint density at radius 1 is 1.20 bits per heavy atom. The molecular weight excluding hydrogens is 437 g/mol. The summed E-state index contributed by atoms with van der Waals surface area (Å²) >= 11 is 0. The summed E-state index contributed by atoms with van der Waals surface area (Å²) in [5.41, 5.74) is 4.79. The Morgan fingerprint density at radius 2 is 1.87 bits per heavy atom. The lowest BCUT2D eigenvalue weighted by atomic mass is 10.1. The van der Waals surface area contributed by atoms with Crippen molar-refractivity contribution in [2.75, 3.05) is 11.8 Å². The summed E-state index contributed by atoms with van der Waals surface area (Å²) in [7, 11) is -3.46. The molecule has 0 saturated heterocycles. The summed E-state index contributed by atoms with van der Waals surface area (Å²) in [5, 5.41) is 0. The zero-order valence-corrected chi connectivity index (χ0v) is 16.3. The highest BCUT2D eigenvalue weighted by Gasteiger charge is 2.25. The molecule has 0 radical (unpaired) electrons. The third kappa shape index (κ3) is 5.09. The van der Waals surface area contributed by atoms with Gasteiger partial charge in [-0.3, -0.25) is 4.72 Å². The lowest BCUT2D eigenvalue weighted by Gasteiger charge is -2.16. The molecule has 0 fully saturated rings. The molecule has 13 heteroatoms. The first-order valence-corrected chi connectivity index (χ1v) is 9.51. The minimum absolute atomic E-state index is 0.0134. The average Bonchev–Trinajstić information content (AvgIpc) is 2.64. The predicted octanol–water partition coefficient (Wildman–Crippen LogP) is 3.78. The standard InChI is InChI=1S/C17H16F5N3O4S/c1-8-5-9(14(19)20)3-4-10(8)13(7-23)30(26,27)25-12-6-11(18)15(29-17(21)22)24-16(12)28-2/h3-7,14,17,25H,23H2,1-2H3/b13-7+. The topological polar surface area (TPSA) is 104 Å². The number of alkyl halides is 4. The molecular formula is C17H16F5N3O4S. The van der Waals surface area contributed by atoms with Crippen LogP contribution < -0.4 is 19.9 Å². The van der Waals surface area contributed by atoms with E-state index in [1.54, 1.807) is 0 Å². The van der Waals surface area contributed by atoms with E-state index in [2.05, 4.69) is 9.72 Å². The van der Waals surface area contributed by atoms with E-state index in [1.165, 1.54) is 6.92 Å². The molecule has 30 heavy (non-hydrogen) atoms. The van der Waals surface area contributed by atoms with Crippen LogP contribution in [0.25, 0.3) is 4.91 Å². The van der Waals surface area contributed by atoms with Gasteiger partial charge in [-0.15, -0.1) is 0 Å². The van der Waals surface area contributed by atoms with Crippen LogP contribution in [0, 0.1) is 12.7 Å². The van der Waals surface area contributed by atoms with Crippen LogP contribution in [0.4, 0.5) is 27.6 Å². The molecule has 7 nitrogen and oxygen atoms in total. The molecule has 3 N–H and O–H groups in total. The van der Waals surface area contributed by atoms with E-state index < -0.39 is 51.2 Å². The number of pyridine rings is 1. The normalized spacial score (nSPS) is 12.4. The molecule has 2 aromatic rings. The van der Waals surface area contributed by atoms with Crippen LogP contribution in [-0.4, -0.2) is 27.1 Å². The molecule has 0 amide bonds. The van der Waals surface area contributed by atoms with Gasteiger partial charge in [-0.2, -0.15) is 13.8 Å². The van der Waals surface area contributed by atoms with Gasteiger partial charge in [-0.05, 0) is 24.1 Å². The van der Waals surface area contributed by atoms with E-state index in [0.29, 0.717) is 6.07 Å². The first kappa shape index (κ1) is 23.2. The molecule has 0 aliphatic heterocycles. The molecule has 0 spiro atoms. The van der Waals surface area contributed by atoms with Gasteiger partial charge in [0.2, 0.25) is 5.88 Å². The van der Waals surface area contributed by atoms with Gasteiger partial charge in [0, 0.05) is 17.8 Å². The summed E-state index contributed by atoms with van der Waals surface area (Å²) in [6.45, 7) is -1.97. The van der Waals surface area contributed by atoms with Crippen molar-refractivity contribution in [3.05, 3.63) is 53.0 Å². The molecule has 1 aromatic heterocycles. The maximum absolute atomic E-state index is 14.0. The van der Waals surface area contributed by atoms with Gasteiger partial charge in [0.1, 0.15) is 10.6 Å². The summed E-state index contributed by atoms with van der Waals surface area (Å²) in [5.74, 6) is -3.04. The number of methoxy groups -OCH3 is 1. The van der Waals surface area contributed by atoms with Gasteiger partial charge >= 0.3 is 6.61 Å². The van der Waals surface area contributed by atoms with Gasteiger partial charge in [-0.1, -0.05) is 12.1 Å². The van der Waals surface area contributed by atoms with Crippen LogP contribution in [0.5, 0.6) is 11.8 Å². The van der Waals surface area contributed by atoms with Crippen LogP contribution in [-0.2, 0) is 10.0 Å². The first-order valence-electron chi connectivity index (χ1n) is 8.03. The molecule has 0 unspecified atom stereocenters. The highest BCUT2D eigenvalue weighted by molar-refractivity contribution is 8.01. The number of halogens is 5. The van der Waals surface area contributed by atoms with Crippen LogP contribution in [0.2, 0.25) is 0 Å². The molecule has 1 heterocycles. The molecule has 164 valence electrons. The van der Waals surface area contributed by atoms with Gasteiger partial charge in [0.15, 0.2) is 5.82 Å². The number of nitrogens with zero attached hydrogens (tertiary/aromatic N) is 1. The third-order valence-electron chi connectivity index (χ3n) is 3.76. The second-order valence-corrected chi connectivity index (χ2v) is 7.37. The zero-order chi connectivity index (χ0) is 22.6. The van der Waals surface area contributed by atoms with E-state index in [0.717, 1.165) is 31.5 Å². The number of anilines is 1. The fraction of sp³-hybridized carbons (Fsp3) is 0.235. The monoisotopic (exact) mass is 453 g/mol. The average molecular weight is 453 g/mol. The van der Waals surface area contributed by atoms with E-state index in [1.807, 2.05) is 4.72 Å². The SMILES string of the molecule is COc1nc(OC(F)F)c(F)cc1NS(=O)(=O)/C(=C/N)c1ccc(C(F)F)cc1C. The molecule has 0 saturated carbocycles. The van der Waals surface area contributed by atoms with Gasteiger partial charge in [0.25, 0.3) is 22.3 Å². The number of aryl methyl sites for hydroxylation is 1. The smallest absolute Gasteiger partial charge is 0.388 e. The fourth-order valence-corrected chi connectivity index (χ4v) is 3.72. The van der Waals surface area contributed by atoms with Crippen LogP contribution in [0.3, 0.4) is 0 Å². The number of aromatic nitrogens is 1. The molecule has 0 atom stereocenters. The van der Waals surface area contributed by atoms with Crippen molar-refractivity contribution in [3.63, 3.8) is 0 Å². The maximum Gasteiger partial charge on any atom is 0.388 e. The highest BCUT2D eigenvalue weighted by atomic mass is 32.2. The van der Waals surface area contributed by atoms with E-state index >= 15 is 0 Å². The minimum Gasteiger partial charge on any atom is -0.479 e. The number of rotatable bonds is 8. The van der Waals surface area contributed by atoms with Crippen molar-refractivity contribution in [1.82, 2.24) is 4.98 Å². The maximum atomic E-state index is 14.0. The number of benzene rings is 1. The van der Waals surface area contributed by atoms with Crippen molar-refractivity contribution in [3.8, 4) is 11.8 Å². The second-order valence-electron chi connectivity index (χ2n) is 5.72. The van der Waals surface area contributed by atoms with Gasteiger partial charge < -0.3 is 15.2 Å². The number of ether oxygens (including phenoxy) is 2. The van der Waals surface area contributed by atoms with Crippen LogP contribution in [0.1, 0.15) is 23.1 Å². The van der Waals surface area contributed by atoms with Crippen molar-refractivity contribution in [1.29, 1.82) is 0 Å². The number of hydrogen-bond donors (Lipinski definition) is 2. The molecule has 1 aromatic carbocycles. The van der Waals surface area contributed by atoms with Crippen molar-refractivity contribution >= 4 is 20.6 Å². The highest BCUT2D eigenvalue weighted by Crippen LogP contribution is 2.33. The summed E-state index contributed by atoms with van der Waals surface area (Å²) in [6, 6.07) is 3.80. The summed E-state index contributed by atoms with van der Waals surface area (Å²) < 4.78 is 100. The zero-order valence-electron chi connectivity index (χ0n) is 15.5.